The molecule has 0 amide bonds. The van der Waals surface area contributed by atoms with E-state index < -0.39 is 22.6 Å². The van der Waals surface area contributed by atoms with Crippen molar-refractivity contribution < 1.29 is 31.1 Å². The first-order valence-electron chi connectivity index (χ1n) is 6.94. The summed E-state index contributed by atoms with van der Waals surface area (Å²) in [5.74, 6) is 0.251. The van der Waals surface area contributed by atoms with Gasteiger partial charge in [-0.3, -0.25) is 0 Å². The van der Waals surface area contributed by atoms with Gasteiger partial charge in [-0.05, 0) is 24.6 Å². The molecule has 0 unspecified atom stereocenters. The SMILES string of the molecule is CCOc1cc(CNCCS(C)(=O)=O)ccc1OCC(F)(F)F. The van der Waals surface area contributed by atoms with E-state index in [0.29, 0.717) is 6.54 Å². The molecule has 9 heteroatoms. The topological polar surface area (TPSA) is 64.6 Å². The maximum Gasteiger partial charge on any atom is 0.422 e. The predicted molar refractivity (Wildman–Crippen MR) is 80.6 cm³/mol. The van der Waals surface area contributed by atoms with Crippen LogP contribution in [0.1, 0.15) is 12.5 Å². The molecule has 1 rings (SSSR count). The average molecular weight is 355 g/mol. The van der Waals surface area contributed by atoms with Crippen molar-refractivity contribution in [3.8, 4) is 11.5 Å². The van der Waals surface area contributed by atoms with E-state index in [1.807, 2.05) is 0 Å². The molecular weight excluding hydrogens is 335 g/mol. The Balaban J connectivity index is 2.67. The standard InChI is InChI=1S/C14H20F3NO4S/c1-3-21-13-8-11(9-18-6-7-23(2,19)20)4-5-12(13)22-10-14(15,16)17/h4-5,8,18H,3,6-7,9-10H2,1-2H3. The fourth-order valence-electron chi connectivity index (χ4n) is 1.70. The van der Waals surface area contributed by atoms with E-state index >= 15 is 0 Å². The Bertz CT molecular complexity index is 603. The molecule has 23 heavy (non-hydrogen) atoms. The quantitative estimate of drug-likeness (QED) is 0.688. The van der Waals surface area contributed by atoms with Crippen molar-refractivity contribution in [2.24, 2.45) is 0 Å². The normalized spacial score (nSPS) is 12.2. The van der Waals surface area contributed by atoms with Crippen LogP contribution in [0.2, 0.25) is 0 Å². The lowest BCUT2D eigenvalue weighted by molar-refractivity contribution is -0.153. The second kappa shape index (κ2) is 8.39. The first-order valence-corrected chi connectivity index (χ1v) is 9.00. The van der Waals surface area contributed by atoms with E-state index in [9.17, 15) is 21.6 Å². The Labute approximate surface area is 133 Å². The summed E-state index contributed by atoms with van der Waals surface area (Å²) in [6, 6.07) is 4.58. The van der Waals surface area contributed by atoms with E-state index in [2.05, 4.69) is 5.32 Å². The minimum Gasteiger partial charge on any atom is -0.490 e. The third-order valence-electron chi connectivity index (χ3n) is 2.68. The van der Waals surface area contributed by atoms with Gasteiger partial charge in [-0.1, -0.05) is 6.07 Å². The van der Waals surface area contributed by atoms with Gasteiger partial charge in [-0.25, -0.2) is 8.42 Å². The zero-order valence-corrected chi connectivity index (χ0v) is 13.8. The van der Waals surface area contributed by atoms with Crippen LogP contribution >= 0.6 is 0 Å². The Morgan fingerprint density at radius 1 is 1.17 bits per heavy atom. The average Bonchev–Trinajstić information content (AvgIpc) is 2.41. The second-order valence-electron chi connectivity index (χ2n) is 4.92. The van der Waals surface area contributed by atoms with Crippen LogP contribution in [0.25, 0.3) is 0 Å². The maximum absolute atomic E-state index is 12.2. The highest BCUT2D eigenvalue weighted by Crippen LogP contribution is 2.30. The minimum absolute atomic E-state index is 0.0120. The van der Waals surface area contributed by atoms with Crippen LogP contribution in [0.3, 0.4) is 0 Å². The molecule has 0 heterocycles. The molecule has 0 aromatic heterocycles. The molecule has 0 fully saturated rings. The Hall–Kier alpha value is -1.48. The predicted octanol–water partition coefficient (Wildman–Crippen LogP) is 2.16. The Kier molecular flexibility index (Phi) is 7.14. The van der Waals surface area contributed by atoms with Crippen LogP contribution < -0.4 is 14.8 Å². The van der Waals surface area contributed by atoms with Crippen molar-refractivity contribution in [3.63, 3.8) is 0 Å². The van der Waals surface area contributed by atoms with Crippen molar-refractivity contribution in [2.45, 2.75) is 19.6 Å². The molecule has 0 radical (unpaired) electrons. The number of halogens is 3. The lowest BCUT2D eigenvalue weighted by Crippen LogP contribution is -2.22. The molecule has 0 spiro atoms. The van der Waals surface area contributed by atoms with Crippen molar-refractivity contribution in [1.29, 1.82) is 0 Å². The third-order valence-corrected chi connectivity index (χ3v) is 3.62. The summed E-state index contributed by atoms with van der Waals surface area (Å²) >= 11 is 0. The van der Waals surface area contributed by atoms with Gasteiger partial charge in [-0.2, -0.15) is 13.2 Å². The molecule has 0 aliphatic heterocycles. The van der Waals surface area contributed by atoms with Crippen molar-refractivity contribution >= 4 is 9.84 Å². The molecule has 132 valence electrons. The molecule has 0 aliphatic rings. The molecule has 0 atom stereocenters. The summed E-state index contributed by atoms with van der Waals surface area (Å²) in [6.45, 7) is 1.27. The summed E-state index contributed by atoms with van der Waals surface area (Å²) in [6.07, 6.45) is -3.27. The third kappa shape index (κ3) is 8.65. The molecule has 5 nitrogen and oxygen atoms in total. The van der Waals surface area contributed by atoms with Gasteiger partial charge in [0.05, 0.1) is 12.4 Å². The second-order valence-corrected chi connectivity index (χ2v) is 7.18. The fraction of sp³-hybridized carbons (Fsp3) is 0.571. The highest BCUT2D eigenvalue weighted by atomic mass is 32.2. The van der Waals surface area contributed by atoms with Gasteiger partial charge >= 0.3 is 6.18 Å². The lowest BCUT2D eigenvalue weighted by Gasteiger charge is -2.14. The van der Waals surface area contributed by atoms with Crippen LogP contribution in [0.5, 0.6) is 11.5 Å². The van der Waals surface area contributed by atoms with Gasteiger partial charge in [-0.15, -0.1) is 0 Å². The summed E-state index contributed by atoms with van der Waals surface area (Å²) in [4.78, 5) is 0. The summed E-state index contributed by atoms with van der Waals surface area (Å²) in [5.41, 5.74) is 0.751. The van der Waals surface area contributed by atoms with Gasteiger partial charge in [0.1, 0.15) is 9.84 Å². The Morgan fingerprint density at radius 3 is 2.43 bits per heavy atom. The first-order chi connectivity index (χ1) is 10.6. The number of nitrogens with one attached hydrogen (secondary N) is 1. The van der Waals surface area contributed by atoms with Gasteiger partial charge in [0.25, 0.3) is 0 Å². The van der Waals surface area contributed by atoms with E-state index in [4.69, 9.17) is 9.47 Å². The van der Waals surface area contributed by atoms with Gasteiger partial charge < -0.3 is 14.8 Å². The van der Waals surface area contributed by atoms with Gasteiger partial charge in [0.15, 0.2) is 18.1 Å². The highest BCUT2D eigenvalue weighted by Gasteiger charge is 2.29. The highest BCUT2D eigenvalue weighted by molar-refractivity contribution is 7.90. The molecule has 0 bridgehead atoms. The molecule has 0 aliphatic carbocycles. The lowest BCUT2D eigenvalue weighted by atomic mass is 10.2. The minimum atomic E-state index is -4.42. The van der Waals surface area contributed by atoms with E-state index in [1.54, 1.807) is 19.1 Å². The summed E-state index contributed by atoms with van der Waals surface area (Å²) in [7, 11) is -3.04. The molecule has 1 N–H and O–H groups in total. The number of hydrogen-bond acceptors (Lipinski definition) is 5. The van der Waals surface area contributed by atoms with E-state index in [0.717, 1.165) is 11.8 Å². The van der Waals surface area contributed by atoms with Crippen molar-refractivity contribution in [1.82, 2.24) is 5.32 Å². The smallest absolute Gasteiger partial charge is 0.422 e. The largest absolute Gasteiger partial charge is 0.490 e. The van der Waals surface area contributed by atoms with Gasteiger partial charge in [0.2, 0.25) is 0 Å². The zero-order valence-electron chi connectivity index (χ0n) is 12.9. The van der Waals surface area contributed by atoms with Crippen molar-refractivity contribution in [3.05, 3.63) is 23.8 Å². The van der Waals surface area contributed by atoms with Crippen LogP contribution in [0.15, 0.2) is 18.2 Å². The van der Waals surface area contributed by atoms with Crippen LogP contribution in [-0.4, -0.2) is 46.4 Å². The summed E-state index contributed by atoms with van der Waals surface area (Å²) in [5, 5.41) is 2.95. The van der Waals surface area contributed by atoms with Crippen LogP contribution in [0.4, 0.5) is 13.2 Å². The van der Waals surface area contributed by atoms with Gasteiger partial charge in [0, 0.05) is 19.3 Å². The monoisotopic (exact) mass is 355 g/mol. The number of rotatable bonds is 9. The molecule has 1 aromatic rings. The number of hydrogen-bond donors (Lipinski definition) is 1. The molecule has 1 aromatic carbocycles. The Morgan fingerprint density at radius 2 is 1.87 bits per heavy atom. The van der Waals surface area contributed by atoms with Crippen LogP contribution in [-0.2, 0) is 16.4 Å². The summed E-state index contributed by atoms with van der Waals surface area (Å²) < 4.78 is 68.7. The fourth-order valence-corrected chi connectivity index (χ4v) is 2.21. The van der Waals surface area contributed by atoms with Crippen LogP contribution in [0, 0.1) is 0 Å². The number of sulfone groups is 1. The maximum atomic E-state index is 12.2. The first kappa shape index (κ1) is 19.6. The number of benzene rings is 1. The zero-order chi connectivity index (χ0) is 17.5. The number of alkyl halides is 3. The molecule has 0 saturated carbocycles. The number of ether oxygens (including phenoxy) is 2. The molecular formula is C14H20F3NO4S. The van der Waals surface area contributed by atoms with E-state index in [-0.39, 0.29) is 30.4 Å². The van der Waals surface area contributed by atoms with E-state index in [1.165, 1.54) is 6.07 Å². The van der Waals surface area contributed by atoms with Crippen molar-refractivity contribution in [2.75, 3.05) is 31.8 Å². The molecule has 0 saturated heterocycles.